The van der Waals surface area contributed by atoms with E-state index in [0.29, 0.717) is 52.7 Å². The summed E-state index contributed by atoms with van der Waals surface area (Å²) in [5.41, 5.74) is 0.118. The Labute approximate surface area is 267 Å². The number of benzene rings is 2. The first-order chi connectivity index (χ1) is 22.1. The largest absolute Gasteiger partial charge is 0.508 e. The van der Waals surface area contributed by atoms with Crippen LogP contribution in [0.2, 0.25) is 0 Å². The Bertz CT molecular complexity index is 1850. The summed E-state index contributed by atoms with van der Waals surface area (Å²) in [6.45, 7) is 7.76. The molecule has 0 radical (unpaired) electrons. The van der Waals surface area contributed by atoms with Gasteiger partial charge >= 0.3 is 6.01 Å². The number of pyridine rings is 1. The first-order valence-corrected chi connectivity index (χ1v) is 16.8. The molecule has 4 aromatic rings. The van der Waals surface area contributed by atoms with Gasteiger partial charge in [0.05, 0.1) is 16.5 Å². The molecule has 0 amide bonds. The summed E-state index contributed by atoms with van der Waals surface area (Å²) in [4.78, 5) is 18.9. The molecular weight excluding hydrogens is 588 g/mol. The molecule has 5 heterocycles. The van der Waals surface area contributed by atoms with Crippen molar-refractivity contribution in [2.24, 2.45) is 5.41 Å². The number of aromatic hydroxyl groups is 1. The van der Waals surface area contributed by atoms with Crippen LogP contribution in [0, 0.1) is 17.0 Å². The maximum Gasteiger partial charge on any atom is 0.319 e. The van der Waals surface area contributed by atoms with E-state index in [9.17, 15) is 14.6 Å². The molecule has 4 fully saturated rings. The van der Waals surface area contributed by atoms with Crippen LogP contribution in [0.3, 0.4) is 0 Å². The number of piperidine rings is 1. The normalized spacial score (nSPS) is 25.8. The molecule has 0 unspecified atom stereocenters. The van der Waals surface area contributed by atoms with Crippen LogP contribution in [0.15, 0.2) is 30.5 Å². The predicted molar refractivity (Wildman–Crippen MR) is 173 cm³/mol. The van der Waals surface area contributed by atoms with E-state index in [2.05, 4.69) is 19.8 Å². The summed E-state index contributed by atoms with van der Waals surface area (Å²) in [6.07, 6.45) is 9.79. The highest BCUT2D eigenvalue weighted by molar-refractivity contribution is 6.01. The van der Waals surface area contributed by atoms with Gasteiger partial charge in [-0.25, -0.2) is 8.78 Å². The molecule has 2 aromatic carbocycles. The molecule has 242 valence electrons. The van der Waals surface area contributed by atoms with Crippen LogP contribution in [0.4, 0.5) is 14.6 Å². The van der Waals surface area contributed by atoms with Crippen molar-refractivity contribution in [1.29, 1.82) is 0 Å². The number of nitrogens with zero attached hydrogens (tertiary/aromatic N) is 5. The SMILES string of the molecule is CCc1c(F)ccc2cc(O)cc(-c3ncc4c(N5CCCC6(C5)CC(C)(O)C6)nc(OCC56CCCN5CCC6)nc4c3F)c12. The van der Waals surface area contributed by atoms with Crippen LogP contribution >= 0.6 is 0 Å². The molecule has 0 bridgehead atoms. The van der Waals surface area contributed by atoms with Gasteiger partial charge in [0.2, 0.25) is 0 Å². The average molecular weight is 630 g/mol. The van der Waals surface area contributed by atoms with Crippen LogP contribution in [-0.4, -0.2) is 74.0 Å². The molecule has 3 aliphatic heterocycles. The summed E-state index contributed by atoms with van der Waals surface area (Å²) < 4.78 is 38.3. The summed E-state index contributed by atoms with van der Waals surface area (Å²) >= 11 is 0. The number of ether oxygens (including phenoxy) is 1. The fourth-order valence-electron chi connectivity index (χ4n) is 9.45. The van der Waals surface area contributed by atoms with Gasteiger partial charge in [-0.3, -0.25) is 9.88 Å². The number of aliphatic hydroxyl groups is 1. The van der Waals surface area contributed by atoms with Gasteiger partial charge in [0.15, 0.2) is 5.82 Å². The number of anilines is 1. The summed E-state index contributed by atoms with van der Waals surface area (Å²) in [5.74, 6) is -0.526. The van der Waals surface area contributed by atoms with Gasteiger partial charge < -0.3 is 19.8 Å². The van der Waals surface area contributed by atoms with Gasteiger partial charge in [-0.15, -0.1) is 0 Å². The lowest BCUT2D eigenvalue weighted by Gasteiger charge is -2.56. The first-order valence-electron chi connectivity index (χ1n) is 16.8. The Morgan fingerprint density at radius 3 is 2.50 bits per heavy atom. The van der Waals surface area contributed by atoms with Gasteiger partial charge in [-0.2, -0.15) is 9.97 Å². The van der Waals surface area contributed by atoms with Crippen molar-refractivity contribution in [3.05, 3.63) is 47.7 Å². The number of rotatable bonds is 6. The third kappa shape index (κ3) is 4.78. The number of fused-ring (bicyclic) bond motifs is 3. The van der Waals surface area contributed by atoms with Gasteiger partial charge in [-0.1, -0.05) is 13.0 Å². The standard InChI is InChI=1S/C36H41F2N5O3/c1-3-24-27(37)8-7-22-15-23(44)16-25(28(22)24)30-29(38)31-26(17-39-30)32(42-12-4-9-35(20-42)18-34(2,45)19-35)41-33(40-31)46-21-36-10-5-13-43(36)14-6-11-36/h7-8,15-17,44-45H,3-6,9-14,18-21H2,1-2H3. The minimum Gasteiger partial charge on any atom is -0.508 e. The quantitative estimate of drug-likeness (QED) is 0.249. The number of halogens is 2. The molecule has 1 aliphatic carbocycles. The van der Waals surface area contributed by atoms with Gasteiger partial charge in [-0.05, 0) is 118 Å². The number of hydrogen-bond donors (Lipinski definition) is 2. The van der Waals surface area contributed by atoms with E-state index in [1.165, 1.54) is 12.1 Å². The minimum atomic E-state index is -0.665. The van der Waals surface area contributed by atoms with Crippen molar-refractivity contribution in [3.8, 4) is 23.0 Å². The second-order valence-corrected chi connectivity index (χ2v) is 14.6. The van der Waals surface area contributed by atoms with Crippen LogP contribution in [-0.2, 0) is 6.42 Å². The Hall–Kier alpha value is -3.63. The summed E-state index contributed by atoms with van der Waals surface area (Å²) in [6, 6.07) is 6.11. The fourth-order valence-corrected chi connectivity index (χ4v) is 9.45. The topological polar surface area (TPSA) is 94.8 Å². The van der Waals surface area contributed by atoms with E-state index < -0.39 is 11.4 Å². The zero-order valence-electron chi connectivity index (χ0n) is 26.6. The van der Waals surface area contributed by atoms with E-state index in [4.69, 9.17) is 9.72 Å². The molecular formula is C36H41F2N5O3. The molecule has 2 aromatic heterocycles. The maximum atomic E-state index is 16.9. The molecule has 2 N–H and O–H groups in total. The molecule has 46 heavy (non-hydrogen) atoms. The van der Waals surface area contributed by atoms with Crippen molar-refractivity contribution < 1.29 is 23.7 Å². The molecule has 8 rings (SSSR count). The first kappa shape index (κ1) is 29.8. The van der Waals surface area contributed by atoms with E-state index >= 15 is 4.39 Å². The Morgan fingerprint density at radius 2 is 1.76 bits per heavy atom. The summed E-state index contributed by atoms with van der Waals surface area (Å²) in [5, 5.41) is 22.8. The molecule has 4 aliphatic rings. The van der Waals surface area contributed by atoms with Crippen molar-refractivity contribution >= 4 is 27.5 Å². The molecule has 3 saturated heterocycles. The predicted octanol–water partition coefficient (Wildman–Crippen LogP) is 6.53. The summed E-state index contributed by atoms with van der Waals surface area (Å²) in [7, 11) is 0. The number of aryl methyl sites for hydroxylation is 1. The lowest BCUT2D eigenvalue weighted by molar-refractivity contribution is -0.119. The zero-order valence-corrected chi connectivity index (χ0v) is 26.6. The van der Waals surface area contributed by atoms with Crippen molar-refractivity contribution in [2.75, 3.05) is 37.7 Å². The molecule has 10 heteroatoms. The monoisotopic (exact) mass is 629 g/mol. The van der Waals surface area contributed by atoms with Crippen LogP contribution < -0.4 is 9.64 Å². The lowest BCUT2D eigenvalue weighted by atomic mass is 9.56. The maximum absolute atomic E-state index is 16.9. The molecule has 1 spiro atoms. The van der Waals surface area contributed by atoms with E-state index in [1.54, 1.807) is 18.3 Å². The number of hydrogen-bond acceptors (Lipinski definition) is 8. The third-order valence-corrected chi connectivity index (χ3v) is 11.2. The number of phenolic OH excluding ortho intramolecular Hbond substituents is 1. The highest BCUT2D eigenvalue weighted by Crippen LogP contribution is 2.54. The molecule has 1 saturated carbocycles. The number of phenols is 1. The van der Waals surface area contributed by atoms with Crippen molar-refractivity contribution in [1.82, 2.24) is 19.9 Å². The molecule has 0 atom stereocenters. The van der Waals surface area contributed by atoms with Gasteiger partial charge in [0.1, 0.15) is 35.2 Å². The Balaban J connectivity index is 1.26. The highest BCUT2D eigenvalue weighted by Gasteiger charge is 2.52. The Morgan fingerprint density at radius 1 is 1.00 bits per heavy atom. The Kier molecular flexibility index (Phi) is 6.92. The smallest absolute Gasteiger partial charge is 0.319 e. The average Bonchev–Trinajstić information content (AvgIpc) is 3.60. The fraction of sp³-hybridized carbons (Fsp3) is 0.528. The highest BCUT2D eigenvalue weighted by atomic mass is 19.1. The van der Waals surface area contributed by atoms with Gasteiger partial charge in [0, 0.05) is 24.8 Å². The van der Waals surface area contributed by atoms with Gasteiger partial charge in [0.25, 0.3) is 0 Å². The van der Waals surface area contributed by atoms with E-state index in [0.717, 1.165) is 71.0 Å². The van der Waals surface area contributed by atoms with Crippen LogP contribution in [0.1, 0.15) is 70.8 Å². The molecule has 8 nitrogen and oxygen atoms in total. The van der Waals surface area contributed by atoms with E-state index in [-0.39, 0.29) is 39.7 Å². The van der Waals surface area contributed by atoms with Crippen LogP contribution in [0.5, 0.6) is 11.8 Å². The van der Waals surface area contributed by atoms with Crippen molar-refractivity contribution in [3.63, 3.8) is 0 Å². The number of aromatic nitrogens is 3. The minimum absolute atomic E-state index is 0.00851. The van der Waals surface area contributed by atoms with E-state index in [1.807, 2.05) is 13.8 Å². The third-order valence-electron chi connectivity index (χ3n) is 11.2. The second-order valence-electron chi connectivity index (χ2n) is 14.6. The zero-order chi connectivity index (χ0) is 31.8. The van der Waals surface area contributed by atoms with Crippen molar-refractivity contribution in [2.45, 2.75) is 82.8 Å². The van der Waals surface area contributed by atoms with Crippen LogP contribution in [0.25, 0.3) is 32.9 Å². The second kappa shape index (κ2) is 10.7. The lowest BCUT2D eigenvalue weighted by Crippen LogP contribution is -2.57.